The summed E-state index contributed by atoms with van der Waals surface area (Å²) < 4.78 is 0. The summed E-state index contributed by atoms with van der Waals surface area (Å²) in [4.78, 5) is 23.2. The number of H-pyrrole nitrogens is 1. The van der Waals surface area contributed by atoms with Gasteiger partial charge < -0.3 is 20.9 Å². The van der Waals surface area contributed by atoms with E-state index in [9.17, 15) is 4.79 Å². The molecule has 0 bridgehead atoms. The number of halogens is 1. The fourth-order valence-corrected chi connectivity index (χ4v) is 5.03. The van der Waals surface area contributed by atoms with Crippen LogP contribution < -0.4 is 16.0 Å². The van der Waals surface area contributed by atoms with Gasteiger partial charge in [-0.3, -0.25) is 9.78 Å². The van der Waals surface area contributed by atoms with Gasteiger partial charge in [-0.2, -0.15) is 0 Å². The highest BCUT2D eigenvalue weighted by Gasteiger charge is 2.35. The number of nitrogens with two attached hydrogens (primary N) is 1. The van der Waals surface area contributed by atoms with Gasteiger partial charge in [0.1, 0.15) is 0 Å². The number of carbonyl (C=O) groups excluding carboxylic acids is 1. The van der Waals surface area contributed by atoms with E-state index < -0.39 is 0 Å². The summed E-state index contributed by atoms with van der Waals surface area (Å²) in [7, 11) is 0. The molecule has 4 N–H and O–H groups in total. The molecule has 0 atom stereocenters. The van der Waals surface area contributed by atoms with Crippen LogP contribution in [0.3, 0.4) is 0 Å². The van der Waals surface area contributed by atoms with Crippen molar-refractivity contribution >= 4 is 47.0 Å². The number of nitrogens with one attached hydrogen (secondary N) is 2. The minimum atomic E-state index is 0. The third kappa shape index (κ3) is 4.88. The van der Waals surface area contributed by atoms with E-state index in [-0.39, 0.29) is 18.3 Å². The van der Waals surface area contributed by atoms with E-state index in [1.54, 1.807) is 12.4 Å². The van der Waals surface area contributed by atoms with Gasteiger partial charge in [-0.15, -0.1) is 12.4 Å². The highest BCUT2D eigenvalue weighted by Crippen LogP contribution is 2.41. The Kier molecular flexibility index (Phi) is 7.10. The monoisotopic (exact) mass is 477 g/mol. The van der Waals surface area contributed by atoms with E-state index in [1.807, 2.05) is 36.1 Å². The first-order valence-electron chi connectivity index (χ1n) is 11.7. The maximum absolute atomic E-state index is 13.7. The van der Waals surface area contributed by atoms with Crippen molar-refractivity contribution in [2.45, 2.75) is 45.6 Å². The molecule has 3 heterocycles. The van der Waals surface area contributed by atoms with Gasteiger partial charge in [0.05, 0.1) is 23.1 Å². The van der Waals surface area contributed by atoms with Crippen LogP contribution in [0.25, 0.3) is 11.6 Å². The first kappa shape index (κ1) is 24.0. The maximum atomic E-state index is 13.7. The Hall–Kier alpha value is -3.09. The summed E-state index contributed by atoms with van der Waals surface area (Å²) in [6.45, 7) is 4.84. The summed E-state index contributed by atoms with van der Waals surface area (Å²) in [6.07, 6.45) is 9.77. The smallest absolute Gasteiger partial charge is 0.259 e. The van der Waals surface area contributed by atoms with E-state index in [0.717, 1.165) is 77.4 Å². The predicted octanol–water partition coefficient (Wildman–Crippen LogP) is 5.60. The van der Waals surface area contributed by atoms with E-state index in [2.05, 4.69) is 40.4 Å². The Morgan fingerprint density at radius 3 is 2.62 bits per heavy atom. The van der Waals surface area contributed by atoms with Crippen molar-refractivity contribution in [3.63, 3.8) is 0 Å². The van der Waals surface area contributed by atoms with Crippen molar-refractivity contribution in [2.24, 2.45) is 11.7 Å². The highest BCUT2D eigenvalue weighted by molar-refractivity contribution is 6.36. The molecule has 178 valence electrons. The first-order chi connectivity index (χ1) is 16.0. The van der Waals surface area contributed by atoms with Gasteiger partial charge in [0.2, 0.25) is 0 Å². The Bertz CT molecular complexity index is 1190. The molecule has 0 radical (unpaired) electrons. The van der Waals surface area contributed by atoms with Gasteiger partial charge in [-0.25, -0.2) is 0 Å². The fraction of sp³-hybridized carbons (Fsp3) is 0.333. The minimum absolute atomic E-state index is 0. The molecule has 0 saturated heterocycles. The molecular formula is C27H32ClN5O. The number of carbonyl (C=O) groups is 1. The normalized spacial score (nSPS) is 20.9. The molecule has 1 aromatic carbocycles. The van der Waals surface area contributed by atoms with Gasteiger partial charge in [0.15, 0.2) is 0 Å². The number of anilines is 3. The lowest BCUT2D eigenvalue weighted by Gasteiger charge is -2.30. The lowest BCUT2D eigenvalue weighted by Crippen LogP contribution is -2.36. The van der Waals surface area contributed by atoms with Crippen molar-refractivity contribution < 1.29 is 4.79 Å². The lowest BCUT2D eigenvalue weighted by molar-refractivity contribution is -0.113. The number of aromatic nitrogens is 2. The zero-order chi connectivity index (χ0) is 22.9. The molecule has 5 rings (SSSR count). The van der Waals surface area contributed by atoms with E-state index in [4.69, 9.17) is 5.73 Å². The second-order valence-corrected chi connectivity index (χ2v) is 9.40. The maximum Gasteiger partial charge on any atom is 0.259 e. The van der Waals surface area contributed by atoms with Gasteiger partial charge in [0, 0.05) is 41.4 Å². The van der Waals surface area contributed by atoms with Crippen LogP contribution in [-0.2, 0) is 4.79 Å². The summed E-state index contributed by atoms with van der Waals surface area (Å²) in [6, 6.07) is 12.5. The fourth-order valence-electron chi connectivity index (χ4n) is 5.03. The summed E-state index contributed by atoms with van der Waals surface area (Å²) in [5, 5.41) is 3.41. The molecule has 0 spiro atoms. The average Bonchev–Trinajstić information content (AvgIpc) is 3.26. The Balaban J connectivity index is 0.00000274. The third-order valence-corrected chi connectivity index (χ3v) is 6.82. The van der Waals surface area contributed by atoms with E-state index in [0.29, 0.717) is 12.0 Å². The minimum Gasteiger partial charge on any atom is -0.359 e. The van der Waals surface area contributed by atoms with Gasteiger partial charge in [-0.1, -0.05) is 6.07 Å². The number of aromatic amines is 1. The molecule has 1 aliphatic heterocycles. The largest absolute Gasteiger partial charge is 0.359 e. The van der Waals surface area contributed by atoms with Crippen LogP contribution in [0.5, 0.6) is 0 Å². The van der Waals surface area contributed by atoms with Gasteiger partial charge >= 0.3 is 0 Å². The Labute approximate surface area is 207 Å². The second-order valence-electron chi connectivity index (χ2n) is 9.40. The standard InChI is InChI=1S/C27H31N5O.ClH/c1-17-12-18(2)30-25(17)14-24-23-10-9-21(31-22-4-3-11-29-15-22)13-26(23)32(27(24)33)16-19-5-7-20(28)8-6-19;/h3-4,9-15,19-20,30-31H,5-8,16,28H2,1-2H3;1H/b24-14-;. The molecule has 2 aromatic heterocycles. The Morgan fingerprint density at radius 2 is 1.94 bits per heavy atom. The van der Waals surface area contributed by atoms with Crippen LogP contribution in [0.4, 0.5) is 17.1 Å². The molecule has 1 fully saturated rings. The van der Waals surface area contributed by atoms with E-state index in [1.165, 1.54) is 0 Å². The van der Waals surface area contributed by atoms with Crippen molar-refractivity contribution in [1.82, 2.24) is 9.97 Å². The average molecular weight is 478 g/mol. The Morgan fingerprint density at radius 1 is 1.15 bits per heavy atom. The summed E-state index contributed by atoms with van der Waals surface area (Å²) in [5.41, 5.74) is 13.9. The van der Waals surface area contributed by atoms with Crippen LogP contribution in [0.1, 0.15) is 48.2 Å². The van der Waals surface area contributed by atoms with Crippen LogP contribution in [-0.4, -0.2) is 28.5 Å². The molecule has 1 amide bonds. The number of nitrogens with zero attached hydrogens (tertiary/aromatic N) is 2. The number of benzene rings is 1. The molecule has 2 aliphatic rings. The molecule has 1 saturated carbocycles. The number of amides is 1. The van der Waals surface area contributed by atoms with Gasteiger partial charge in [-0.05, 0) is 87.4 Å². The number of fused-ring (bicyclic) bond motifs is 1. The zero-order valence-electron chi connectivity index (χ0n) is 19.7. The van der Waals surface area contributed by atoms with Crippen LogP contribution >= 0.6 is 12.4 Å². The quantitative estimate of drug-likeness (QED) is 0.417. The number of aryl methyl sites for hydroxylation is 2. The molecule has 34 heavy (non-hydrogen) atoms. The van der Waals surface area contributed by atoms with Crippen LogP contribution in [0.15, 0.2) is 48.8 Å². The van der Waals surface area contributed by atoms with Crippen molar-refractivity contribution in [3.8, 4) is 0 Å². The highest BCUT2D eigenvalue weighted by atomic mass is 35.5. The second kappa shape index (κ2) is 10.0. The summed E-state index contributed by atoms with van der Waals surface area (Å²) >= 11 is 0. The summed E-state index contributed by atoms with van der Waals surface area (Å²) in [5.74, 6) is 0.551. The van der Waals surface area contributed by atoms with Crippen molar-refractivity contribution in [1.29, 1.82) is 0 Å². The lowest BCUT2D eigenvalue weighted by atomic mass is 9.86. The molecule has 7 heteroatoms. The van der Waals surface area contributed by atoms with E-state index >= 15 is 0 Å². The first-order valence-corrected chi connectivity index (χ1v) is 11.7. The number of pyridine rings is 1. The number of hydrogen-bond acceptors (Lipinski definition) is 4. The van der Waals surface area contributed by atoms with Crippen molar-refractivity contribution in [2.75, 3.05) is 16.8 Å². The predicted molar refractivity (Wildman–Crippen MR) is 142 cm³/mol. The van der Waals surface area contributed by atoms with Crippen molar-refractivity contribution in [3.05, 3.63) is 71.3 Å². The molecular weight excluding hydrogens is 446 g/mol. The molecule has 3 aromatic rings. The SMILES string of the molecule is Cc1cc(C)c(/C=C2\C(=O)N(CC3CCC(N)CC3)c3cc(Nc4cccnc4)ccc32)[nH]1.Cl. The van der Waals surface area contributed by atoms with Crippen LogP contribution in [0, 0.1) is 19.8 Å². The molecule has 6 nitrogen and oxygen atoms in total. The topological polar surface area (TPSA) is 87.0 Å². The van der Waals surface area contributed by atoms with Crippen LogP contribution in [0.2, 0.25) is 0 Å². The number of rotatable bonds is 5. The third-order valence-electron chi connectivity index (χ3n) is 6.82. The zero-order valence-corrected chi connectivity index (χ0v) is 20.5. The number of hydrogen-bond donors (Lipinski definition) is 3. The molecule has 0 unspecified atom stereocenters. The molecule has 1 aliphatic carbocycles. The van der Waals surface area contributed by atoms with Gasteiger partial charge in [0.25, 0.3) is 5.91 Å².